The fourth-order valence-corrected chi connectivity index (χ4v) is 2.26. The van der Waals surface area contributed by atoms with Gasteiger partial charge in [0.05, 0.1) is 0 Å². The Kier molecular flexibility index (Phi) is 2.51. The Morgan fingerprint density at radius 1 is 1.75 bits per heavy atom. The van der Waals surface area contributed by atoms with E-state index < -0.39 is 0 Å². The largest absolute Gasteiger partial charge is 0.160 e. The third-order valence-electron chi connectivity index (χ3n) is 1.60. The maximum Gasteiger partial charge on any atom is 0.0345 e. The molecule has 1 fully saturated rings. The van der Waals surface area contributed by atoms with Gasteiger partial charge in [0.25, 0.3) is 0 Å². The first-order valence-electron chi connectivity index (χ1n) is 2.97. The van der Waals surface area contributed by atoms with Gasteiger partial charge < -0.3 is 0 Å². The molecule has 1 rings (SSSR count). The minimum atomic E-state index is 0.747. The number of hydrogen-bond acceptors (Lipinski definition) is 1. The van der Waals surface area contributed by atoms with E-state index in [0.29, 0.717) is 0 Å². The highest BCUT2D eigenvalue weighted by Gasteiger charge is 2.29. The molecule has 0 saturated heterocycles. The summed E-state index contributed by atoms with van der Waals surface area (Å²) in [5.41, 5.74) is 0. The molecule has 0 amide bonds. The molecule has 0 aliphatic heterocycles. The Morgan fingerprint density at radius 2 is 2.38 bits per heavy atom. The zero-order valence-electron chi connectivity index (χ0n) is 5.06. The normalized spacial score (nSPS) is 23.2. The van der Waals surface area contributed by atoms with Crippen molar-refractivity contribution in [3.05, 3.63) is 0 Å². The summed E-state index contributed by atoms with van der Waals surface area (Å²) in [5, 5.41) is 0.747. The van der Waals surface area contributed by atoms with Gasteiger partial charge in [-0.15, -0.1) is 11.6 Å². The molecule has 48 valence electrons. The van der Waals surface area contributed by atoms with E-state index >= 15 is 0 Å². The van der Waals surface area contributed by atoms with Crippen LogP contribution in [0.3, 0.4) is 0 Å². The van der Waals surface area contributed by atoms with E-state index in [1.165, 1.54) is 12.8 Å². The molecule has 0 aromatic rings. The molecule has 1 aliphatic rings. The third kappa shape index (κ3) is 1.56. The lowest BCUT2D eigenvalue weighted by molar-refractivity contribution is 0.828. The number of hydrogen-bond donors (Lipinski definition) is 0. The Hall–Kier alpha value is 0.640. The van der Waals surface area contributed by atoms with Crippen LogP contribution in [0.25, 0.3) is 0 Å². The fraction of sp³-hybridized carbons (Fsp3) is 1.00. The maximum absolute atomic E-state index is 5.68. The lowest BCUT2D eigenvalue weighted by Crippen LogP contribution is -2.05. The van der Waals surface area contributed by atoms with Crippen molar-refractivity contribution in [1.82, 2.24) is 0 Å². The summed E-state index contributed by atoms with van der Waals surface area (Å²) in [7, 11) is 0. The molecule has 0 radical (unpaired) electrons. The van der Waals surface area contributed by atoms with Crippen LogP contribution in [0.2, 0.25) is 0 Å². The molecule has 0 N–H and O–H groups in total. The zero-order chi connectivity index (χ0) is 5.98. The highest BCUT2D eigenvalue weighted by molar-refractivity contribution is 7.99. The van der Waals surface area contributed by atoms with Crippen LogP contribution in [-0.2, 0) is 0 Å². The van der Waals surface area contributed by atoms with E-state index in [-0.39, 0.29) is 0 Å². The topological polar surface area (TPSA) is 0 Å². The van der Waals surface area contributed by atoms with Crippen LogP contribution < -0.4 is 0 Å². The lowest BCUT2D eigenvalue weighted by atomic mass is 10.3. The average Bonchev–Trinajstić information content (AvgIpc) is 2.53. The molecule has 0 spiro atoms. The summed E-state index contributed by atoms with van der Waals surface area (Å²) in [6.07, 6.45) is 4.97. The second-order valence-electron chi connectivity index (χ2n) is 2.27. The Balaban J connectivity index is 2.15. The second-order valence-corrected chi connectivity index (χ2v) is 3.65. The summed E-state index contributed by atoms with van der Waals surface area (Å²) in [5.74, 6) is 1.80. The molecule has 0 bridgehead atoms. The quantitative estimate of drug-likeness (QED) is 0.557. The second kappa shape index (κ2) is 2.98. The Labute approximate surface area is 60.0 Å². The molecule has 1 unspecified atom stereocenters. The number of thioether (sulfide) groups is 1. The van der Waals surface area contributed by atoms with Gasteiger partial charge in [0.2, 0.25) is 0 Å². The van der Waals surface area contributed by atoms with Crippen molar-refractivity contribution in [2.75, 3.05) is 12.1 Å². The van der Waals surface area contributed by atoms with Crippen molar-refractivity contribution in [2.24, 2.45) is 5.92 Å². The molecule has 1 aliphatic carbocycles. The van der Waals surface area contributed by atoms with Crippen LogP contribution in [-0.4, -0.2) is 17.4 Å². The van der Waals surface area contributed by atoms with Gasteiger partial charge in [0.1, 0.15) is 0 Å². The fourth-order valence-electron chi connectivity index (χ4n) is 0.849. The van der Waals surface area contributed by atoms with Crippen molar-refractivity contribution in [2.45, 2.75) is 18.1 Å². The highest BCUT2D eigenvalue weighted by atomic mass is 35.5. The first-order valence-corrected chi connectivity index (χ1v) is 4.79. The van der Waals surface area contributed by atoms with Gasteiger partial charge in [-0.1, -0.05) is 0 Å². The minimum absolute atomic E-state index is 0.747. The molecule has 1 saturated carbocycles. The van der Waals surface area contributed by atoms with Crippen LogP contribution >= 0.6 is 23.4 Å². The summed E-state index contributed by atoms with van der Waals surface area (Å²) in [4.78, 5) is 0. The third-order valence-corrected chi connectivity index (χ3v) is 3.28. The first kappa shape index (κ1) is 6.76. The molecule has 1 atom stereocenters. The average molecular weight is 151 g/mol. The summed E-state index contributed by atoms with van der Waals surface area (Å²) < 4.78 is 0. The van der Waals surface area contributed by atoms with Crippen molar-refractivity contribution in [3.8, 4) is 0 Å². The monoisotopic (exact) mass is 150 g/mol. The van der Waals surface area contributed by atoms with Gasteiger partial charge in [-0.05, 0) is 25.0 Å². The van der Waals surface area contributed by atoms with Crippen molar-refractivity contribution in [1.29, 1.82) is 0 Å². The minimum Gasteiger partial charge on any atom is -0.160 e. The van der Waals surface area contributed by atoms with Crippen molar-refractivity contribution in [3.63, 3.8) is 0 Å². The van der Waals surface area contributed by atoms with Gasteiger partial charge in [-0.2, -0.15) is 11.8 Å². The summed E-state index contributed by atoms with van der Waals surface area (Å²) in [6.45, 7) is 0. The van der Waals surface area contributed by atoms with Gasteiger partial charge >= 0.3 is 0 Å². The lowest BCUT2D eigenvalue weighted by Gasteiger charge is -2.06. The van der Waals surface area contributed by atoms with E-state index in [9.17, 15) is 0 Å². The van der Waals surface area contributed by atoms with Gasteiger partial charge in [0, 0.05) is 11.1 Å². The van der Waals surface area contributed by atoms with E-state index in [4.69, 9.17) is 11.6 Å². The number of alkyl halides is 1. The standard InChI is InChI=1S/C6H11ClS/c1-8-6(4-7)5-2-3-5/h5-6H,2-4H2,1H3. The van der Waals surface area contributed by atoms with Gasteiger partial charge in [-0.25, -0.2) is 0 Å². The molecule has 2 heteroatoms. The van der Waals surface area contributed by atoms with Crippen LogP contribution in [0.5, 0.6) is 0 Å². The van der Waals surface area contributed by atoms with Crippen LogP contribution in [0.4, 0.5) is 0 Å². The summed E-state index contributed by atoms with van der Waals surface area (Å²) in [6, 6.07) is 0. The molecule has 0 heterocycles. The predicted molar refractivity (Wildman–Crippen MR) is 40.7 cm³/mol. The zero-order valence-corrected chi connectivity index (χ0v) is 6.63. The van der Waals surface area contributed by atoms with E-state index in [2.05, 4.69) is 6.26 Å². The van der Waals surface area contributed by atoms with Gasteiger partial charge in [0.15, 0.2) is 0 Å². The number of rotatable bonds is 3. The first-order chi connectivity index (χ1) is 3.88. The van der Waals surface area contributed by atoms with E-state index in [0.717, 1.165) is 17.0 Å². The van der Waals surface area contributed by atoms with Crippen LogP contribution in [0.15, 0.2) is 0 Å². The van der Waals surface area contributed by atoms with Crippen LogP contribution in [0.1, 0.15) is 12.8 Å². The molecule has 0 nitrogen and oxygen atoms in total. The van der Waals surface area contributed by atoms with E-state index in [1.54, 1.807) is 0 Å². The molecule has 0 aromatic heterocycles. The molecule has 0 aromatic carbocycles. The Morgan fingerprint density at radius 3 is 2.50 bits per heavy atom. The van der Waals surface area contributed by atoms with Gasteiger partial charge in [-0.3, -0.25) is 0 Å². The smallest absolute Gasteiger partial charge is 0.0345 e. The predicted octanol–water partition coefficient (Wildman–Crippen LogP) is 2.37. The molecule has 8 heavy (non-hydrogen) atoms. The van der Waals surface area contributed by atoms with E-state index in [1.807, 2.05) is 11.8 Å². The Bertz CT molecular complexity index is 66.9. The number of halogens is 1. The summed E-state index contributed by atoms with van der Waals surface area (Å²) >= 11 is 7.59. The highest BCUT2D eigenvalue weighted by Crippen LogP contribution is 2.38. The van der Waals surface area contributed by atoms with Crippen LogP contribution in [0, 0.1) is 5.92 Å². The molecular weight excluding hydrogens is 140 g/mol. The maximum atomic E-state index is 5.68. The van der Waals surface area contributed by atoms with Crippen molar-refractivity contribution >= 4 is 23.4 Å². The SMILES string of the molecule is CSC(CCl)C1CC1. The van der Waals surface area contributed by atoms with Crippen molar-refractivity contribution < 1.29 is 0 Å². The molecular formula is C6H11ClS.